The zero-order valence-corrected chi connectivity index (χ0v) is 10.5. The summed E-state index contributed by atoms with van der Waals surface area (Å²) in [6, 6.07) is 3.18. The summed E-state index contributed by atoms with van der Waals surface area (Å²) in [6.45, 7) is 0.338. The van der Waals surface area contributed by atoms with E-state index in [1.807, 2.05) is 5.38 Å². The summed E-state index contributed by atoms with van der Waals surface area (Å²) >= 11 is 7.26. The van der Waals surface area contributed by atoms with Crippen molar-refractivity contribution in [3.63, 3.8) is 0 Å². The number of hydrogen-bond donors (Lipinski definition) is 1. The molecule has 0 unspecified atom stereocenters. The molecular formula is C11H8ClF3N2S. The number of nitrogens with one attached hydrogen (secondary N) is 1. The fourth-order valence-corrected chi connectivity index (χ4v) is 2.09. The van der Waals surface area contributed by atoms with E-state index in [2.05, 4.69) is 10.3 Å². The summed E-state index contributed by atoms with van der Waals surface area (Å²) in [4.78, 5) is 4.02. The lowest BCUT2D eigenvalue weighted by Gasteiger charge is -2.11. The lowest BCUT2D eigenvalue weighted by Crippen LogP contribution is -2.07. The predicted octanol–water partition coefficient (Wildman–Crippen LogP) is 4.43. The predicted molar refractivity (Wildman–Crippen MR) is 65.9 cm³/mol. The Morgan fingerprint density at radius 2 is 2.11 bits per heavy atom. The maximum absolute atomic E-state index is 12.5. The fraction of sp³-hybridized carbons (Fsp3) is 0.182. The van der Waals surface area contributed by atoms with Gasteiger partial charge in [-0.3, -0.25) is 0 Å². The molecule has 0 fully saturated rings. The average Bonchev–Trinajstić information content (AvgIpc) is 2.79. The lowest BCUT2D eigenvalue weighted by atomic mass is 10.2. The second-order valence-corrected chi connectivity index (χ2v) is 4.65. The largest absolute Gasteiger partial charge is 0.416 e. The van der Waals surface area contributed by atoms with Crippen molar-refractivity contribution in [1.29, 1.82) is 0 Å². The van der Waals surface area contributed by atoms with Crippen molar-refractivity contribution in [3.05, 3.63) is 45.4 Å². The monoisotopic (exact) mass is 292 g/mol. The molecule has 1 aromatic carbocycles. The Morgan fingerprint density at radius 1 is 1.33 bits per heavy atom. The number of anilines is 1. The maximum Gasteiger partial charge on any atom is 0.416 e. The zero-order chi connectivity index (χ0) is 13.2. The van der Waals surface area contributed by atoms with Gasteiger partial charge in [-0.05, 0) is 18.2 Å². The normalized spacial score (nSPS) is 11.6. The average molecular weight is 293 g/mol. The molecule has 2 aromatic rings. The molecule has 0 saturated carbocycles. The first-order valence-corrected chi connectivity index (χ1v) is 6.26. The van der Waals surface area contributed by atoms with Gasteiger partial charge in [0, 0.05) is 5.38 Å². The number of nitrogens with zero attached hydrogens (tertiary/aromatic N) is 1. The van der Waals surface area contributed by atoms with Crippen LogP contribution in [0.1, 0.15) is 11.3 Å². The summed E-state index contributed by atoms with van der Waals surface area (Å²) in [5.41, 5.74) is 1.94. The zero-order valence-electron chi connectivity index (χ0n) is 8.96. The molecule has 0 radical (unpaired) electrons. The van der Waals surface area contributed by atoms with Crippen LogP contribution < -0.4 is 5.32 Å². The van der Waals surface area contributed by atoms with E-state index in [0.717, 1.165) is 17.8 Å². The molecule has 0 spiro atoms. The van der Waals surface area contributed by atoms with Gasteiger partial charge in [0.25, 0.3) is 0 Å². The molecule has 0 bridgehead atoms. The van der Waals surface area contributed by atoms with Gasteiger partial charge in [-0.2, -0.15) is 13.2 Å². The fourth-order valence-electron chi connectivity index (χ4n) is 1.35. The Morgan fingerprint density at radius 3 is 2.72 bits per heavy atom. The van der Waals surface area contributed by atoms with E-state index in [-0.39, 0.29) is 10.7 Å². The first-order chi connectivity index (χ1) is 8.47. The van der Waals surface area contributed by atoms with Gasteiger partial charge in [0.15, 0.2) is 0 Å². The molecule has 0 aliphatic heterocycles. The van der Waals surface area contributed by atoms with Crippen LogP contribution in [0.5, 0.6) is 0 Å². The third kappa shape index (κ3) is 3.14. The van der Waals surface area contributed by atoms with Crippen molar-refractivity contribution in [2.45, 2.75) is 12.7 Å². The van der Waals surface area contributed by atoms with Gasteiger partial charge < -0.3 is 5.32 Å². The lowest BCUT2D eigenvalue weighted by molar-refractivity contribution is -0.137. The van der Waals surface area contributed by atoms with Crippen LogP contribution in [0.2, 0.25) is 5.02 Å². The Bertz CT molecular complexity index is 526. The second kappa shape index (κ2) is 5.16. The minimum absolute atomic E-state index is 0.248. The Labute approximate surface area is 110 Å². The molecular weight excluding hydrogens is 285 g/mol. The van der Waals surface area contributed by atoms with Crippen molar-refractivity contribution < 1.29 is 13.2 Å². The molecule has 7 heteroatoms. The van der Waals surface area contributed by atoms with E-state index >= 15 is 0 Å². The number of hydrogen-bond acceptors (Lipinski definition) is 3. The van der Waals surface area contributed by atoms with Crippen LogP contribution in [0.4, 0.5) is 18.9 Å². The summed E-state index contributed by atoms with van der Waals surface area (Å²) in [6.07, 6.45) is -4.37. The van der Waals surface area contributed by atoms with Crippen LogP contribution in [-0.2, 0) is 12.7 Å². The highest BCUT2D eigenvalue weighted by Crippen LogP contribution is 2.33. The molecule has 0 aliphatic rings. The van der Waals surface area contributed by atoms with E-state index < -0.39 is 11.7 Å². The number of aromatic nitrogens is 1. The van der Waals surface area contributed by atoms with Crippen molar-refractivity contribution >= 4 is 28.6 Å². The number of thiazole rings is 1. The molecule has 0 saturated heterocycles. The molecule has 0 atom stereocenters. The van der Waals surface area contributed by atoms with E-state index in [9.17, 15) is 13.2 Å². The summed E-state index contributed by atoms with van der Waals surface area (Å²) in [5.74, 6) is 0. The van der Waals surface area contributed by atoms with Crippen molar-refractivity contribution in [2.24, 2.45) is 0 Å². The molecule has 2 nitrogen and oxygen atoms in total. The van der Waals surface area contributed by atoms with Gasteiger partial charge in [-0.1, -0.05) is 11.6 Å². The second-order valence-electron chi connectivity index (χ2n) is 3.53. The smallest absolute Gasteiger partial charge is 0.378 e. The molecule has 18 heavy (non-hydrogen) atoms. The van der Waals surface area contributed by atoms with Crippen molar-refractivity contribution in [3.8, 4) is 0 Å². The third-order valence-electron chi connectivity index (χ3n) is 2.24. The van der Waals surface area contributed by atoms with E-state index in [1.54, 1.807) is 5.51 Å². The number of benzene rings is 1. The number of halogens is 4. The quantitative estimate of drug-likeness (QED) is 0.905. The molecule has 0 amide bonds. The van der Waals surface area contributed by atoms with Crippen LogP contribution in [0.25, 0.3) is 0 Å². The topological polar surface area (TPSA) is 24.9 Å². The first kappa shape index (κ1) is 13.2. The van der Waals surface area contributed by atoms with E-state index in [1.165, 1.54) is 17.4 Å². The Balaban J connectivity index is 2.16. The number of alkyl halides is 3. The molecule has 1 heterocycles. The van der Waals surface area contributed by atoms with Crippen molar-refractivity contribution in [1.82, 2.24) is 4.98 Å². The van der Waals surface area contributed by atoms with Gasteiger partial charge in [-0.25, -0.2) is 4.98 Å². The minimum Gasteiger partial charge on any atom is -0.378 e. The maximum atomic E-state index is 12.5. The van der Waals surface area contributed by atoms with Crippen LogP contribution >= 0.6 is 22.9 Å². The standard InChI is InChI=1S/C11H8ClF3N2S/c12-9-2-1-7(11(13,14)15)3-10(9)16-4-8-5-18-6-17-8/h1-3,5-6,16H,4H2. The summed E-state index contributed by atoms with van der Waals surface area (Å²) in [5, 5.41) is 4.90. The third-order valence-corrected chi connectivity index (χ3v) is 3.20. The molecule has 96 valence electrons. The van der Waals surface area contributed by atoms with E-state index in [4.69, 9.17) is 11.6 Å². The van der Waals surface area contributed by atoms with Gasteiger partial charge >= 0.3 is 6.18 Å². The summed E-state index contributed by atoms with van der Waals surface area (Å²) in [7, 11) is 0. The highest BCUT2D eigenvalue weighted by Gasteiger charge is 2.30. The van der Waals surface area contributed by atoms with Crippen LogP contribution in [-0.4, -0.2) is 4.98 Å². The SMILES string of the molecule is FC(F)(F)c1ccc(Cl)c(NCc2cscn2)c1. The van der Waals surface area contributed by atoms with Crippen molar-refractivity contribution in [2.75, 3.05) is 5.32 Å². The Kier molecular flexibility index (Phi) is 3.77. The molecule has 1 aromatic heterocycles. The highest BCUT2D eigenvalue weighted by atomic mass is 35.5. The van der Waals surface area contributed by atoms with Crippen LogP contribution in [0, 0.1) is 0 Å². The number of rotatable bonds is 3. The van der Waals surface area contributed by atoms with Gasteiger partial charge in [0.1, 0.15) is 0 Å². The van der Waals surface area contributed by atoms with Crippen LogP contribution in [0.15, 0.2) is 29.1 Å². The minimum atomic E-state index is -4.37. The van der Waals surface area contributed by atoms with Gasteiger partial charge in [0.05, 0.1) is 34.0 Å². The summed E-state index contributed by atoms with van der Waals surface area (Å²) < 4.78 is 37.6. The Hall–Kier alpha value is -1.27. The molecule has 1 N–H and O–H groups in total. The van der Waals surface area contributed by atoms with Crippen LogP contribution in [0.3, 0.4) is 0 Å². The molecule has 2 rings (SSSR count). The van der Waals surface area contributed by atoms with Gasteiger partial charge in [-0.15, -0.1) is 11.3 Å². The van der Waals surface area contributed by atoms with Gasteiger partial charge in [0.2, 0.25) is 0 Å². The first-order valence-electron chi connectivity index (χ1n) is 4.94. The highest BCUT2D eigenvalue weighted by molar-refractivity contribution is 7.07. The molecule has 0 aliphatic carbocycles. The van der Waals surface area contributed by atoms with E-state index in [0.29, 0.717) is 6.54 Å².